The molecule has 1 aliphatic heterocycles. The Labute approximate surface area is 222 Å². The summed E-state index contributed by atoms with van der Waals surface area (Å²) < 4.78 is 0. The Hall–Kier alpha value is -3.96. The van der Waals surface area contributed by atoms with Gasteiger partial charge in [0.25, 0.3) is 11.8 Å². The number of hydrogen-bond acceptors (Lipinski definition) is 5. The van der Waals surface area contributed by atoms with Crippen LogP contribution in [0.3, 0.4) is 0 Å². The van der Waals surface area contributed by atoms with Crippen LogP contribution in [0.25, 0.3) is 0 Å². The van der Waals surface area contributed by atoms with Gasteiger partial charge in [0.1, 0.15) is 10.6 Å². The van der Waals surface area contributed by atoms with E-state index >= 15 is 0 Å². The van der Waals surface area contributed by atoms with Crippen molar-refractivity contribution in [3.05, 3.63) is 86.6 Å². The summed E-state index contributed by atoms with van der Waals surface area (Å²) in [6.45, 7) is 4.52. The summed E-state index contributed by atoms with van der Waals surface area (Å²) in [5.74, 6) is -0.500. The molecule has 0 aliphatic carbocycles. The van der Waals surface area contributed by atoms with Crippen LogP contribution in [0, 0.1) is 18.3 Å². The van der Waals surface area contributed by atoms with Gasteiger partial charge >= 0.3 is 0 Å². The summed E-state index contributed by atoms with van der Waals surface area (Å²) in [7, 11) is 1.70. The Bertz CT molecular complexity index is 1320. The highest BCUT2D eigenvalue weighted by Crippen LogP contribution is 2.33. The van der Waals surface area contributed by atoms with E-state index in [0.29, 0.717) is 28.2 Å². The van der Waals surface area contributed by atoms with Gasteiger partial charge in [-0.1, -0.05) is 48.0 Å². The van der Waals surface area contributed by atoms with Crippen LogP contribution in [0.5, 0.6) is 0 Å². The molecule has 1 N–H and O–H groups in total. The lowest BCUT2D eigenvalue weighted by Crippen LogP contribution is -2.28. The van der Waals surface area contributed by atoms with Crippen LogP contribution < -0.4 is 5.32 Å². The molecule has 2 aromatic carbocycles. The molecule has 0 radical (unpaired) electrons. The fourth-order valence-electron chi connectivity index (χ4n) is 4.22. The zero-order chi connectivity index (χ0) is 26.2. The van der Waals surface area contributed by atoms with Crippen LogP contribution in [0.15, 0.2) is 58.9 Å². The molecule has 1 aromatic heterocycles. The molecule has 8 heteroatoms. The number of carbonyl (C=O) groups is 2. The molecule has 0 spiro atoms. The van der Waals surface area contributed by atoms with E-state index in [0.717, 1.165) is 42.6 Å². The minimum absolute atomic E-state index is 0.235. The number of piperidine rings is 1. The van der Waals surface area contributed by atoms with Crippen LogP contribution in [-0.2, 0) is 13.1 Å². The van der Waals surface area contributed by atoms with E-state index in [4.69, 9.17) is 0 Å². The Balaban J connectivity index is 1.57. The number of amides is 2. The number of aryl methyl sites for hydroxylation is 1. The second-order valence-electron chi connectivity index (χ2n) is 9.27. The number of benzene rings is 2. The molecule has 1 fully saturated rings. The van der Waals surface area contributed by atoms with Gasteiger partial charge in [0.15, 0.2) is 0 Å². The van der Waals surface area contributed by atoms with Crippen molar-refractivity contribution in [1.29, 1.82) is 5.26 Å². The number of nitriles is 1. The number of carbonyl (C=O) groups excluding carboxylic acids is 2. The van der Waals surface area contributed by atoms with Gasteiger partial charge in [-0.2, -0.15) is 5.26 Å². The maximum atomic E-state index is 13.5. The Morgan fingerprint density at radius 3 is 2.59 bits per heavy atom. The first kappa shape index (κ1) is 26.1. The smallest absolute Gasteiger partial charge is 0.266 e. The van der Waals surface area contributed by atoms with Crippen molar-refractivity contribution in [2.24, 2.45) is 4.99 Å². The molecule has 0 atom stereocenters. The lowest BCUT2D eigenvalue weighted by Gasteiger charge is -2.24. The first-order valence-electron chi connectivity index (χ1n) is 12.4. The summed E-state index contributed by atoms with van der Waals surface area (Å²) in [5.41, 5.74) is 4.24. The lowest BCUT2D eigenvalue weighted by molar-refractivity contribution is 0.0790. The zero-order valence-electron chi connectivity index (χ0n) is 21.2. The van der Waals surface area contributed by atoms with Crippen molar-refractivity contribution in [1.82, 2.24) is 15.1 Å². The molecule has 0 unspecified atom stereocenters. The van der Waals surface area contributed by atoms with Crippen molar-refractivity contribution in [2.45, 2.75) is 39.3 Å². The molecule has 2 heterocycles. The molecule has 0 bridgehead atoms. The summed E-state index contributed by atoms with van der Waals surface area (Å²) in [6.07, 6.45) is 5.17. The maximum absolute atomic E-state index is 13.5. The third-order valence-corrected chi connectivity index (χ3v) is 7.37. The monoisotopic (exact) mass is 513 g/mol. The minimum Gasteiger partial charge on any atom is -0.363 e. The van der Waals surface area contributed by atoms with E-state index in [-0.39, 0.29) is 18.4 Å². The molecule has 2 amide bonds. The number of rotatable bonds is 8. The first-order valence-corrected chi connectivity index (χ1v) is 13.3. The summed E-state index contributed by atoms with van der Waals surface area (Å²) in [6, 6.07) is 17.4. The van der Waals surface area contributed by atoms with E-state index in [1.165, 1.54) is 17.8 Å². The quantitative estimate of drug-likeness (QED) is 0.328. The highest BCUT2D eigenvalue weighted by molar-refractivity contribution is 7.13. The van der Waals surface area contributed by atoms with Gasteiger partial charge in [-0.25, -0.2) is 4.99 Å². The number of nitrogens with one attached hydrogen (secondary N) is 1. The average molecular weight is 514 g/mol. The van der Waals surface area contributed by atoms with E-state index in [1.54, 1.807) is 35.8 Å². The van der Waals surface area contributed by atoms with Crippen molar-refractivity contribution < 1.29 is 9.59 Å². The van der Waals surface area contributed by atoms with Crippen LogP contribution in [0.1, 0.15) is 61.5 Å². The van der Waals surface area contributed by atoms with Crippen molar-refractivity contribution in [3.8, 4) is 6.07 Å². The Morgan fingerprint density at radius 2 is 1.86 bits per heavy atom. The predicted octanol–water partition coefficient (Wildman–Crippen LogP) is 5.28. The number of nitrogens with zero attached hydrogens (tertiary/aromatic N) is 4. The number of likely N-dealkylation sites (tertiary alicyclic amines) is 1. The SMILES string of the molecule is Cc1ccc(CNC(=O)c2csc(C(=O)N(C)Cc3ccccc3C#N)c2N=CN2CCCCC2)cc1. The highest BCUT2D eigenvalue weighted by Gasteiger charge is 2.25. The van der Waals surface area contributed by atoms with Crippen molar-refractivity contribution in [2.75, 3.05) is 20.1 Å². The molecule has 37 heavy (non-hydrogen) atoms. The molecule has 4 rings (SSSR count). The summed E-state index contributed by atoms with van der Waals surface area (Å²) in [4.78, 5) is 35.5. The third kappa shape index (κ3) is 6.63. The summed E-state index contributed by atoms with van der Waals surface area (Å²) >= 11 is 1.22. The van der Waals surface area contributed by atoms with E-state index in [2.05, 4.69) is 21.3 Å². The molecular weight excluding hydrogens is 482 g/mol. The van der Waals surface area contributed by atoms with Crippen molar-refractivity contribution >= 4 is 35.2 Å². The average Bonchev–Trinajstić information content (AvgIpc) is 3.35. The van der Waals surface area contributed by atoms with Crippen LogP contribution >= 0.6 is 11.3 Å². The molecule has 0 saturated carbocycles. The predicted molar refractivity (Wildman–Crippen MR) is 147 cm³/mol. The van der Waals surface area contributed by atoms with Gasteiger partial charge in [-0.15, -0.1) is 11.3 Å². The topological polar surface area (TPSA) is 88.8 Å². The summed E-state index contributed by atoms with van der Waals surface area (Å²) in [5, 5.41) is 14.1. The third-order valence-electron chi connectivity index (χ3n) is 6.41. The number of thiophene rings is 1. The van der Waals surface area contributed by atoms with Gasteiger partial charge in [-0.05, 0) is 43.4 Å². The molecule has 3 aromatic rings. The van der Waals surface area contributed by atoms with E-state index in [1.807, 2.05) is 43.3 Å². The molecule has 190 valence electrons. The van der Waals surface area contributed by atoms with Crippen LogP contribution in [0.2, 0.25) is 0 Å². The highest BCUT2D eigenvalue weighted by atomic mass is 32.1. The molecule has 1 aliphatic rings. The Kier molecular flexibility index (Phi) is 8.70. The standard InChI is InChI=1S/C29H31N5O2S/c1-21-10-12-22(13-11-21)17-31-28(35)25-19-37-27(26(25)32-20-34-14-6-3-7-15-34)29(36)33(2)18-24-9-5-4-8-23(24)16-30/h4-5,8-13,19-20H,3,6-7,14-15,17-18H2,1-2H3,(H,31,35). The molecule has 7 nitrogen and oxygen atoms in total. The maximum Gasteiger partial charge on any atom is 0.266 e. The van der Waals surface area contributed by atoms with Gasteiger partial charge < -0.3 is 15.1 Å². The molecular formula is C29H31N5O2S. The lowest BCUT2D eigenvalue weighted by atomic mass is 10.1. The minimum atomic E-state index is -0.265. The molecule has 1 saturated heterocycles. The normalized spacial score (nSPS) is 13.4. The zero-order valence-corrected chi connectivity index (χ0v) is 22.1. The fraction of sp³-hybridized carbons (Fsp3) is 0.310. The fourth-order valence-corrected chi connectivity index (χ4v) is 5.20. The van der Waals surface area contributed by atoms with Gasteiger partial charge in [0.2, 0.25) is 0 Å². The second kappa shape index (κ2) is 12.3. The van der Waals surface area contributed by atoms with Crippen LogP contribution in [0.4, 0.5) is 5.69 Å². The van der Waals surface area contributed by atoms with Crippen LogP contribution in [-0.4, -0.2) is 48.1 Å². The first-order chi connectivity index (χ1) is 18.0. The van der Waals surface area contributed by atoms with E-state index < -0.39 is 0 Å². The Morgan fingerprint density at radius 1 is 1.14 bits per heavy atom. The van der Waals surface area contributed by atoms with E-state index in [9.17, 15) is 14.9 Å². The second-order valence-corrected chi connectivity index (χ2v) is 10.1. The van der Waals surface area contributed by atoms with Crippen molar-refractivity contribution in [3.63, 3.8) is 0 Å². The van der Waals surface area contributed by atoms with Gasteiger partial charge in [0, 0.05) is 38.6 Å². The van der Waals surface area contributed by atoms with Gasteiger partial charge in [-0.3, -0.25) is 9.59 Å². The van der Waals surface area contributed by atoms with Gasteiger partial charge in [0.05, 0.1) is 23.5 Å². The number of aliphatic imine (C=N–C) groups is 1. The largest absolute Gasteiger partial charge is 0.363 e. The number of hydrogen-bond donors (Lipinski definition) is 1.